The lowest BCUT2D eigenvalue weighted by molar-refractivity contribution is 0.155. The number of rotatable bonds is 1. The summed E-state index contributed by atoms with van der Waals surface area (Å²) in [6.07, 6.45) is 0.941. The van der Waals surface area contributed by atoms with Gasteiger partial charge in [0.05, 0.1) is 12.1 Å². The van der Waals surface area contributed by atoms with E-state index in [0.717, 1.165) is 4.47 Å². The van der Waals surface area contributed by atoms with Gasteiger partial charge in [-0.05, 0) is 25.1 Å². The van der Waals surface area contributed by atoms with Gasteiger partial charge in [0.15, 0.2) is 5.43 Å². The third-order valence-corrected chi connectivity index (χ3v) is 2.82. The van der Waals surface area contributed by atoms with Crippen molar-refractivity contribution in [2.24, 2.45) is 0 Å². The van der Waals surface area contributed by atoms with Crippen LogP contribution >= 0.6 is 15.9 Å². The summed E-state index contributed by atoms with van der Waals surface area (Å²) in [5, 5.41) is 0.481. The van der Waals surface area contributed by atoms with Gasteiger partial charge in [-0.25, -0.2) is 4.79 Å². The van der Waals surface area contributed by atoms with Crippen molar-refractivity contribution in [2.45, 2.75) is 6.92 Å². The van der Waals surface area contributed by atoms with Crippen molar-refractivity contribution in [3.05, 3.63) is 45.2 Å². The molecule has 0 saturated heterocycles. The predicted octanol–water partition coefficient (Wildman–Crippen LogP) is 2.77. The second-order valence-corrected chi connectivity index (χ2v) is 4.33. The Morgan fingerprint density at radius 1 is 1.41 bits per heavy atom. The molecule has 4 nitrogen and oxygen atoms in total. The average molecular weight is 296 g/mol. The molecule has 1 aromatic heterocycles. The predicted molar refractivity (Wildman–Crippen MR) is 68.3 cm³/mol. The number of fused-ring (bicyclic) bond motifs is 1. The number of hydrogen-bond donors (Lipinski definition) is 0. The molecule has 0 aliphatic heterocycles. The van der Waals surface area contributed by atoms with Gasteiger partial charge in [-0.1, -0.05) is 15.9 Å². The van der Waals surface area contributed by atoms with Gasteiger partial charge in [-0.2, -0.15) is 0 Å². The number of nitrogens with zero attached hydrogens (tertiary/aromatic N) is 1. The summed E-state index contributed by atoms with van der Waals surface area (Å²) < 4.78 is 7.04. The van der Waals surface area contributed by atoms with Crippen LogP contribution in [0.4, 0.5) is 4.79 Å². The summed E-state index contributed by atoms with van der Waals surface area (Å²) >= 11 is 3.29. The largest absolute Gasteiger partial charge is 0.449 e. The highest BCUT2D eigenvalue weighted by Crippen LogP contribution is 2.17. The third-order valence-electron chi connectivity index (χ3n) is 2.32. The van der Waals surface area contributed by atoms with Gasteiger partial charge in [0, 0.05) is 22.1 Å². The van der Waals surface area contributed by atoms with Crippen LogP contribution in [0.3, 0.4) is 0 Å². The fourth-order valence-electron chi connectivity index (χ4n) is 1.58. The maximum Gasteiger partial charge on any atom is 0.418 e. The van der Waals surface area contributed by atoms with Crippen LogP contribution in [0.5, 0.6) is 0 Å². The van der Waals surface area contributed by atoms with Gasteiger partial charge in [-0.3, -0.25) is 9.36 Å². The molecular formula is C12H10BrNO3. The fraction of sp³-hybridized carbons (Fsp3) is 0.167. The molecule has 0 amide bonds. The summed E-state index contributed by atoms with van der Waals surface area (Å²) in [5.74, 6) is 0. The number of aromatic nitrogens is 1. The van der Waals surface area contributed by atoms with Crippen molar-refractivity contribution in [1.82, 2.24) is 4.57 Å². The normalized spacial score (nSPS) is 10.5. The Morgan fingerprint density at radius 2 is 2.18 bits per heavy atom. The Kier molecular flexibility index (Phi) is 3.28. The molecule has 0 radical (unpaired) electrons. The first kappa shape index (κ1) is 11.9. The third kappa shape index (κ3) is 2.24. The summed E-state index contributed by atoms with van der Waals surface area (Å²) in [5.41, 5.74) is 0.418. The van der Waals surface area contributed by atoms with E-state index in [1.54, 1.807) is 25.1 Å². The highest BCUT2D eigenvalue weighted by molar-refractivity contribution is 9.10. The van der Waals surface area contributed by atoms with E-state index >= 15 is 0 Å². The van der Waals surface area contributed by atoms with E-state index in [4.69, 9.17) is 4.74 Å². The zero-order chi connectivity index (χ0) is 12.4. The van der Waals surface area contributed by atoms with E-state index in [0.29, 0.717) is 17.5 Å². The molecule has 0 aliphatic carbocycles. The van der Waals surface area contributed by atoms with Crippen LogP contribution in [0.1, 0.15) is 6.92 Å². The molecule has 0 atom stereocenters. The monoisotopic (exact) mass is 295 g/mol. The van der Waals surface area contributed by atoms with Gasteiger partial charge in [0.25, 0.3) is 0 Å². The lowest BCUT2D eigenvalue weighted by Crippen LogP contribution is -2.17. The number of carbonyl (C=O) groups is 1. The van der Waals surface area contributed by atoms with Crippen LogP contribution in [0, 0.1) is 0 Å². The van der Waals surface area contributed by atoms with Crippen LogP contribution < -0.4 is 5.43 Å². The van der Waals surface area contributed by atoms with E-state index in [2.05, 4.69) is 15.9 Å². The smallest absolute Gasteiger partial charge is 0.418 e. The molecule has 88 valence electrons. The minimum absolute atomic E-state index is 0.123. The molecule has 1 heterocycles. The first-order valence-corrected chi connectivity index (χ1v) is 5.91. The fourth-order valence-corrected chi connectivity index (χ4v) is 1.94. The van der Waals surface area contributed by atoms with Crippen molar-refractivity contribution in [3.8, 4) is 0 Å². The van der Waals surface area contributed by atoms with Gasteiger partial charge < -0.3 is 4.74 Å². The lowest BCUT2D eigenvalue weighted by atomic mass is 10.2. The summed E-state index contributed by atoms with van der Waals surface area (Å²) in [7, 11) is 0. The highest BCUT2D eigenvalue weighted by atomic mass is 79.9. The number of halogens is 1. The van der Waals surface area contributed by atoms with Gasteiger partial charge >= 0.3 is 6.09 Å². The van der Waals surface area contributed by atoms with Crippen LogP contribution in [0.15, 0.2) is 39.7 Å². The zero-order valence-electron chi connectivity index (χ0n) is 9.14. The Balaban J connectivity index is 2.70. The SMILES string of the molecule is CCOC(=O)n1ccc(=O)c2cc(Br)ccc21. The van der Waals surface area contributed by atoms with Gasteiger partial charge in [-0.15, -0.1) is 0 Å². The maximum absolute atomic E-state index is 11.7. The molecule has 0 saturated carbocycles. The van der Waals surface area contributed by atoms with E-state index in [9.17, 15) is 9.59 Å². The molecule has 0 aliphatic rings. The minimum atomic E-state index is -0.486. The Bertz CT molecular complexity index is 633. The van der Waals surface area contributed by atoms with E-state index < -0.39 is 6.09 Å². The number of hydrogen-bond acceptors (Lipinski definition) is 3. The Hall–Kier alpha value is -1.62. The number of pyridine rings is 1. The summed E-state index contributed by atoms with van der Waals surface area (Å²) in [4.78, 5) is 23.4. The van der Waals surface area contributed by atoms with Crippen LogP contribution in [0.25, 0.3) is 10.9 Å². The van der Waals surface area contributed by atoms with E-state index in [1.807, 2.05) is 0 Å². The molecule has 0 fully saturated rings. The lowest BCUT2D eigenvalue weighted by Gasteiger charge is -2.08. The molecule has 17 heavy (non-hydrogen) atoms. The van der Waals surface area contributed by atoms with Crippen molar-refractivity contribution in [2.75, 3.05) is 6.61 Å². The molecule has 0 bridgehead atoms. The van der Waals surface area contributed by atoms with Crippen molar-refractivity contribution in [1.29, 1.82) is 0 Å². The average Bonchev–Trinajstić information content (AvgIpc) is 2.30. The Labute approximate surface area is 106 Å². The number of benzene rings is 1. The van der Waals surface area contributed by atoms with Crippen molar-refractivity contribution in [3.63, 3.8) is 0 Å². The van der Waals surface area contributed by atoms with Crippen molar-refractivity contribution >= 4 is 32.9 Å². The molecule has 2 rings (SSSR count). The van der Waals surface area contributed by atoms with Crippen LogP contribution in [-0.2, 0) is 4.74 Å². The number of ether oxygens (including phenoxy) is 1. The quantitative estimate of drug-likeness (QED) is 0.813. The zero-order valence-corrected chi connectivity index (χ0v) is 10.7. The summed E-state index contributed by atoms with van der Waals surface area (Å²) in [6, 6.07) is 6.52. The second kappa shape index (κ2) is 4.71. The van der Waals surface area contributed by atoms with Crippen molar-refractivity contribution < 1.29 is 9.53 Å². The van der Waals surface area contributed by atoms with Gasteiger partial charge in [0.1, 0.15) is 0 Å². The maximum atomic E-state index is 11.7. The van der Waals surface area contributed by atoms with E-state index in [-0.39, 0.29) is 5.43 Å². The molecule has 1 aromatic carbocycles. The number of carbonyl (C=O) groups excluding carboxylic acids is 1. The Morgan fingerprint density at radius 3 is 2.88 bits per heavy atom. The molecule has 0 unspecified atom stereocenters. The molecular weight excluding hydrogens is 286 g/mol. The first-order valence-electron chi connectivity index (χ1n) is 5.11. The summed E-state index contributed by atoms with van der Waals surface area (Å²) in [6.45, 7) is 2.03. The highest BCUT2D eigenvalue weighted by Gasteiger charge is 2.09. The topological polar surface area (TPSA) is 48.3 Å². The molecule has 0 N–H and O–H groups in total. The molecule has 5 heteroatoms. The van der Waals surface area contributed by atoms with E-state index in [1.165, 1.54) is 16.8 Å². The van der Waals surface area contributed by atoms with Gasteiger partial charge in [0.2, 0.25) is 0 Å². The van der Waals surface area contributed by atoms with Crippen LogP contribution in [-0.4, -0.2) is 17.3 Å². The minimum Gasteiger partial charge on any atom is -0.449 e. The molecule has 2 aromatic rings. The second-order valence-electron chi connectivity index (χ2n) is 3.41. The van der Waals surface area contributed by atoms with Crippen LogP contribution in [0.2, 0.25) is 0 Å². The standard InChI is InChI=1S/C12H10BrNO3/c1-2-17-12(16)14-6-5-11(15)9-7-8(13)3-4-10(9)14/h3-7H,2H2,1H3. The molecule has 0 spiro atoms. The first-order chi connectivity index (χ1) is 8.13.